The topological polar surface area (TPSA) is 91.3 Å². The van der Waals surface area contributed by atoms with Crippen LogP contribution in [0.25, 0.3) is 0 Å². The zero-order valence-electron chi connectivity index (χ0n) is 13.1. The fourth-order valence-electron chi connectivity index (χ4n) is 2.02. The Bertz CT molecular complexity index is 563. The van der Waals surface area contributed by atoms with Crippen LogP contribution >= 0.6 is 0 Å². The van der Waals surface area contributed by atoms with Gasteiger partial charge in [-0.1, -0.05) is 13.8 Å². The van der Waals surface area contributed by atoms with Gasteiger partial charge < -0.3 is 15.8 Å². The second-order valence-electron chi connectivity index (χ2n) is 4.95. The molecule has 1 aromatic rings. The van der Waals surface area contributed by atoms with Gasteiger partial charge in [-0.05, 0) is 19.3 Å². The number of ether oxygens (including phenoxy) is 1. The van der Waals surface area contributed by atoms with Gasteiger partial charge in [0.15, 0.2) is 0 Å². The third kappa shape index (κ3) is 4.35. The molecule has 7 heteroatoms. The quantitative estimate of drug-likeness (QED) is 0.657. The first-order valence-corrected chi connectivity index (χ1v) is 7.45. The van der Waals surface area contributed by atoms with Crippen molar-refractivity contribution in [1.29, 1.82) is 0 Å². The maximum absolute atomic E-state index is 12.1. The molecule has 0 aliphatic heterocycles. The van der Waals surface area contributed by atoms with Crippen LogP contribution in [0.4, 0.5) is 11.5 Å². The van der Waals surface area contributed by atoms with E-state index in [1.807, 2.05) is 6.92 Å². The maximum atomic E-state index is 12.1. The summed E-state index contributed by atoms with van der Waals surface area (Å²) in [5.74, 6) is 0.208. The van der Waals surface area contributed by atoms with Crippen LogP contribution in [-0.2, 0) is 18.3 Å². The van der Waals surface area contributed by atoms with Crippen molar-refractivity contribution in [3.63, 3.8) is 0 Å². The fraction of sp³-hybridized carbons (Fsp3) is 0.714. The summed E-state index contributed by atoms with van der Waals surface area (Å²) in [6.45, 7) is 6.45. The Morgan fingerprint density at radius 1 is 1.19 bits per heavy atom. The summed E-state index contributed by atoms with van der Waals surface area (Å²) in [4.78, 5) is 24.1. The summed E-state index contributed by atoms with van der Waals surface area (Å²) >= 11 is 0. The summed E-state index contributed by atoms with van der Waals surface area (Å²) in [6, 6.07) is 0. The number of nitrogens with zero attached hydrogens (tertiary/aromatic N) is 2. The number of nitrogens with one attached hydrogen (secondary N) is 1. The highest BCUT2D eigenvalue weighted by molar-refractivity contribution is 5.60. The van der Waals surface area contributed by atoms with E-state index >= 15 is 0 Å². The van der Waals surface area contributed by atoms with Crippen LogP contribution in [-0.4, -0.2) is 28.9 Å². The van der Waals surface area contributed by atoms with Crippen LogP contribution < -0.4 is 22.3 Å². The van der Waals surface area contributed by atoms with Crippen LogP contribution in [0.1, 0.15) is 33.1 Å². The number of nitrogens with two attached hydrogens (primary N) is 1. The Labute approximate surface area is 124 Å². The molecule has 0 aliphatic carbocycles. The summed E-state index contributed by atoms with van der Waals surface area (Å²) in [5, 5.41) is 3.03. The van der Waals surface area contributed by atoms with E-state index in [-0.39, 0.29) is 17.1 Å². The number of nitrogen functional groups attached to an aromatic ring is 1. The molecule has 0 atom stereocenters. The van der Waals surface area contributed by atoms with Gasteiger partial charge in [0.05, 0.1) is 0 Å². The average molecular weight is 298 g/mol. The third-order valence-electron chi connectivity index (χ3n) is 3.15. The minimum atomic E-state index is -0.390. The predicted octanol–water partition coefficient (Wildman–Crippen LogP) is 0.768. The Balaban J connectivity index is 2.82. The normalized spacial score (nSPS) is 10.8. The monoisotopic (exact) mass is 298 g/mol. The molecule has 1 aromatic heterocycles. The van der Waals surface area contributed by atoms with Gasteiger partial charge in [0.1, 0.15) is 11.5 Å². The maximum Gasteiger partial charge on any atom is 0.332 e. The van der Waals surface area contributed by atoms with Gasteiger partial charge in [-0.25, -0.2) is 4.79 Å². The van der Waals surface area contributed by atoms with Crippen LogP contribution in [0.2, 0.25) is 0 Å². The molecule has 0 saturated carbocycles. The fourth-order valence-corrected chi connectivity index (χ4v) is 2.02. The lowest BCUT2D eigenvalue weighted by Gasteiger charge is -2.15. The third-order valence-corrected chi connectivity index (χ3v) is 3.15. The first kappa shape index (κ1) is 17.3. The molecular weight excluding hydrogens is 272 g/mol. The van der Waals surface area contributed by atoms with E-state index in [4.69, 9.17) is 10.5 Å². The summed E-state index contributed by atoms with van der Waals surface area (Å²) in [5.41, 5.74) is 5.48. The van der Waals surface area contributed by atoms with Crippen molar-refractivity contribution < 1.29 is 4.74 Å². The van der Waals surface area contributed by atoms with Crippen LogP contribution in [0.15, 0.2) is 9.59 Å². The second-order valence-corrected chi connectivity index (χ2v) is 4.95. The molecule has 0 unspecified atom stereocenters. The van der Waals surface area contributed by atoms with Gasteiger partial charge in [-0.3, -0.25) is 13.9 Å². The second kappa shape index (κ2) is 8.51. The molecule has 0 radical (unpaired) electrons. The van der Waals surface area contributed by atoms with Crippen molar-refractivity contribution in [3.8, 4) is 0 Å². The van der Waals surface area contributed by atoms with Gasteiger partial charge in [0.2, 0.25) is 0 Å². The van der Waals surface area contributed by atoms with Crippen molar-refractivity contribution in [2.24, 2.45) is 7.05 Å². The van der Waals surface area contributed by atoms with Gasteiger partial charge in [0.25, 0.3) is 5.56 Å². The highest BCUT2D eigenvalue weighted by Crippen LogP contribution is 2.10. The van der Waals surface area contributed by atoms with E-state index in [9.17, 15) is 9.59 Å². The number of rotatable bonds is 9. The SMILES string of the molecule is CCCOCCCNc1c(N)n(CCC)c(=O)n(C)c1=O. The number of hydrogen-bond acceptors (Lipinski definition) is 5. The van der Waals surface area contributed by atoms with Crippen molar-refractivity contribution >= 4 is 11.5 Å². The van der Waals surface area contributed by atoms with Crippen LogP contribution in [0.3, 0.4) is 0 Å². The zero-order chi connectivity index (χ0) is 15.8. The van der Waals surface area contributed by atoms with Gasteiger partial charge >= 0.3 is 5.69 Å². The first-order valence-electron chi connectivity index (χ1n) is 7.45. The Morgan fingerprint density at radius 3 is 2.52 bits per heavy atom. The molecule has 0 saturated heterocycles. The number of hydrogen-bond donors (Lipinski definition) is 2. The molecule has 0 aliphatic rings. The minimum absolute atomic E-state index is 0.208. The van der Waals surface area contributed by atoms with E-state index in [0.717, 1.165) is 30.4 Å². The largest absolute Gasteiger partial charge is 0.383 e. The van der Waals surface area contributed by atoms with Crippen molar-refractivity contribution in [2.45, 2.75) is 39.7 Å². The van der Waals surface area contributed by atoms with Gasteiger partial charge in [0, 0.05) is 33.4 Å². The molecule has 0 aromatic carbocycles. The summed E-state index contributed by atoms with van der Waals surface area (Å²) in [7, 11) is 1.46. The molecule has 120 valence electrons. The molecule has 3 N–H and O–H groups in total. The van der Waals surface area contributed by atoms with E-state index in [1.165, 1.54) is 11.6 Å². The highest BCUT2D eigenvalue weighted by Gasteiger charge is 2.14. The van der Waals surface area contributed by atoms with E-state index in [2.05, 4.69) is 12.2 Å². The highest BCUT2D eigenvalue weighted by atomic mass is 16.5. The lowest BCUT2D eigenvalue weighted by molar-refractivity contribution is 0.134. The Morgan fingerprint density at radius 2 is 1.90 bits per heavy atom. The Kier molecular flexibility index (Phi) is 7.01. The predicted molar refractivity (Wildman–Crippen MR) is 84.9 cm³/mol. The average Bonchev–Trinajstić information content (AvgIpc) is 2.48. The minimum Gasteiger partial charge on any atom is -0.383 e. The molecule has 1 rings (SSSR count). The van der Waals surface area contributed by atoms with Gasteiger partial charge in [-0.2, -0.15) is 0 Å². The van der Waals surface area contributed by atoms with Crippen molar-refractivity contribution in [1.82, 2.24) is 9.13 Å². The van der Waals surface area contributed by atoms with Crippen molar-refractivity contribution in [3.05, 3.63) is 20.8 Å². The Hall–Kier alpha value is -1.76. The first-order chi connectivity index (χ1) is 10.0. The smallest absolute Gasteiger partial charge is 0.332 e. The summed E-state index contributed by atoms with van der Waals surface area (Å²) < 4.78 is 7.89. The van der Waals surface area contributed by atoms with Gasteiger partial charge in [-0.15, -0.1) is 0 Å². The van der Waals surface area contributed by atoms with E-state index in [0.29, 0.717) is 25.4 Å². The van der Waals surface area contributed by atoms with Crippen molar-refractivity contribution in [2.75, 3.05) is 30.8 Å². The molecule has 0 bridgehead atoms. The number of aromatic nitrogens is 2. The molecule has 0 amide bonds. The van der Waals surface area contributed by atoms with Crippen LogP contribution in [0, 0.1) is 0 Å². The molecule has 21 heavy (non-hydrogen) atoms. The molecular formula is C14H26N4O3. The molecule has 0 spiro atoms. The molecule has 1 heterocycles. The number of anilines is 2. The standard InChI is InChI=1S/C14H26N4O3/c1-4-8-18-12(15)11(13(19)17(3)14(18)20)16-7-6-10-21-9-5-2/h16H,4-10,15H2,1-3H3. The zero-order valence-corrected chi connectivity index (χ0v) is 13.1. The van der Waals surface area contributed by atoms with E-state index < -0.39 is 0 Å². The lowest BCUT2D eigenvalue weighted by atomic mass is 10.3. The molecule has 7 nitrogen and oxygen atoms in total. The molecule has 0 fully saturated rings. The lowest BCUT2D eigenvalue weighted by Crippen LogP contribution is -2.40. The summed E-state index contributed by atoms with van der Waals surface area (Å²) in [6.07, 6.45) is 2.53. The van der Waals surface area contributed by atoms with E-state index in [1.54, 1.807) is 0 Å². The van der Waals surface area contributed by atoms with Crippen LogP contribution in [0.5, 0.6) is 0 Å².